The van der Waals surface area contributed by atoms with E-state index in [2.05, 4.69) is 4.98 Å². The molecule has 1 unspecified atom stereocenters. The van der Waals surface area contributed by atoms with Crippen LogP contribution in [0.2, 0.25) is 0 Å². The Bertz CT molecular complexity index is 841. The Morgan fingerprint density at radius 2 is 2.05 bits per heavy atom. The van der Waals surface area contributed by atoms with Crippen molar-refractivity contribution in [2.24, 2.45) is 11.7 Å². The molecule has 0 amide bonds. The first-order valence-electron chi connectivity index (χ1n) is 7.07. The third kappa shape index (κ3) is 2.72. The van der Waals surface area contributed by atoms with Crippen molar-refractivity contribution >= 4 is 28.2 Å². The number of thiocarbonyl (C=S) groups is 1. The lowest BCUT2D eigenvalue weighted by atomic mass is 10.1. The van der Waals surface area contributed by atoms with Gasteiger partial charge in [0, 0.05) is 18.0 Å². The molecule has 0 aliphatic carbocycles. The Kier molecular flexibility index (Phi) is 3.90. The van der Waals surface area contributed by atoms with Crippen molar-refractivity contribution in [1.82, 2.24) is 9.55 Å². The van der Waals surface area contributed by atoms with Crippen molar-refractivity contribution < 1.29 is 4.39 Å². The van der Waals surface area contributed by atoms with E-state index in [9.17, 15) is 4.39 Å². The predicted molar refractivity (Wildman–Crippen MR) is 91.1 cm³/mol. The van der Waals surface area contributed by atoms with E-state index < -0.39 is 0 Å². The molecule has 3 nitrogen and oxygen atoms in total. The number of benzene rings is 2. The Labute approximate surface area is 133 Å². The number of rotatable bonds is 4. The quantitative estimate of drug-likeness (QED) is 0.746. The fraction of sp³-hybridized carbons (Fsp3) is 0.176. The van der Waals surface area contributed by atoms with Gasteiger partial charge in [-0.25, -0.2) is 9.37 Å². The first-order chi connectivity index (χ1) is 10.6. The Morgan fingerprint density at radius 1 is 1.27 bits per heavy atom. The van der Waals surface area contributed by atoms with E-state index >= 15 is 0 Å². The minimum Gasteiger partial charge on any atom is -0.393 e. The van der Waals surface area contributed by atoms with Crippen LogP contribution in [-0.2, 0) is 6.54 Å². The maximum Gasteiger partial charge on any atom is 0.141 e. The van der Waals surface area contributed by atoms with Crippen LogP contribution in [0.5, 0.6) is 0 Å². The van der Waals surface area contributed by atoms with E-state index in [0.29, 0.717) is 11.5 Å². The molecule has 0 bridgehead atoms. The van der Waals surface area contributed by atoms with E-state index in [1.165, 1.54) is 12.1 Å². The maximum absolute atomic E-state index is 13.6. The van der Waals surface area contributed by atoms with Gasteiger partial charge in [0.05, 0.1) is 16.0 Å². The summed E-state index contributed by atoms with van der Waals surface area (Å²) in [5.41, 5.74) is 8.35. The molecule has 0 aliphatic heterocycles. The number of hydrogen-bond donors (Lipinski definition) is 1. The lowest BCUT2D eigenvalue weighted by Gasteiger charge is -2.14. The molecular weight excluding hydrogens is 297 g/mol. The highest BCUT2D eigenvalue weighted by atomic mass is 32.1. The number of aromatic nitrogens is 2. The smallest absolute Gasteiger partial charge is 0.141 e. The normalized spacial score (nSPS) is 12.5. The second kappa shape index (κ2) is 5.85. The number of fused-ring (bicyclic) bond motifs is 1. The van der Waals surface area contributed by atoms with Crippen LogP contribution < -0.4 is 5.73 Å². The van der Waals surface area contributed by atoms with Crippen LogP contribution >= 0.6 is 12.2 Å². The largest absolute Gasteiger partial charge is 0.393 e. The molecule has 0 radical (unpaired) electrons. The highest BCUT2D eigenvalue weighted by Gasteiger charge is 2.16. The third-order valence-corrected chi connectivity index (χ3v) is 4.08. The summed E-state index contributed by atoms with van der Waals surface area (Å²) < 4.78 is 15.6. The number of para-hydroxylation sites is 2. The number of halogens is 1. The Balaban J connectivity index is 2.18. The molecule has 22 heavy (non-hydrogen) atoms. The summed E-state index contributed by atoms with van der Waals surface area (Å²) in [5, 5.41) is 0. The number of hydrogen-bond acceptors (Lipinski definition) is 2. The Morgan fingerprint density at radius 3 is 2.77 bits per heavy atom. The van der Waals surface area contributed by atoms with Crippen molar-refractivity contribution in [1.29, 1.82) is 0 Å². The molecule has 0 saturated carbocycles. The summed E-state index contributed by atoms with van der Waals surface area (Å²) in [7, 11) is 0. The molecular formula is C17H16FN3S. The summed E-state index contributed by atoms with van der Waals surface area (Å²) >= 11 is 5.08. The van der Waals surface area contributed by atoms with Crippen LogP contribution in [0, 0.1) is 11.7 Å². The van der Waals surface area contributed by atoms with Gasteiger partial charge < -0.3 is 10.3 Å². The molecule has 2 N–H and O–H groups in total. The lowest BCUT2D eigenvalue weighted by molar-refractivity contribution is 0.614. The fourth-order valence-corrected chi connectivity index (χ4v) is 2.55. The lowest BCUT2D eigenvalue weighted by Crippen LogP contribution is -2.23. The molecule has 0 spiro atoms. The zero-order valence-corrected chi connectivity index (χ0v) is 13.0. The van der Waals surface area contributed by atoms with Crippen LogP contribution in [0.3, 0.4) is 0 Å². The minimum atomic E-state index is -0.279. The van der Waals surface area contributed by atoms with Crippen LogP contribution in [0.1, 0.15) is 6.92 Å². The van der Waals surface area contributed by atoms with Crippen LogP contribution in [-0.4, -0.2) is 14.5 Å². The van der Waals surface area contributed by atoms with Gasteiger partial charge in [0.2, 0.25) is 0 Å². The topological polar surface area (TPSA) is 43.8 Å². The fourth-order valence-electron chi connectivity index (χ4n) is 2.47. The minimum absolute atomic E-state index is 0.0277. The van der Waals surface area contributed by atoms with Crippen molar-refractivity contribution in [3.05, 3.63) is 54.3 Å². The first-order valence-corrected chi connectivity index (χ1v) is 7.47. The van der Waals surface area contributed by atoms with Crippen molar-refractivity contribution in [3.63, 3.8) is 0 Å². The van der Waals surface area contributed by atoms with Gasteiger partial charge in [-0.3, -0.25) is 0 Å². The zero-order chi connectivity index (χ0) is 15.7. The van der Waals surface area contributed by atoms with Gasteiger partial charge in [-0.2, -0.15) is 0 Å². The standard InChI is InChI=1S/C17H16FN3S/c1-11(16(19)22)10-21-15-8-3-2-7-14(15)20-17(21)12-5-4-6-13(18)9-12/h2-9,11H,10H2,1H3,(H2,19,22). The molecule has 2 aromatic carbocycles. The van der Waals surface area contributed by atoms with Crippen LogP contribution in [0.25, 0.3) is 22.4 Å². The van der Waals surface area contributed by atoms with E-state index in [1.54, 1.807) is 6.07 Å². The zero-order valence-electron chi connectivity index (χ0n) is 12.2. The van der Waals surface area contributed by atoms with Crippen LogP contribution in [0.4, 0.5) is 4.39 Å². The average Bonchev–Trinajstić information content (AvgIpc) is 2.86. The first kappa shape index (κ1) is 14.7. The highest BCUT2D eigenvalue weighted by Crippen LogP contribution is 2.26. The molecule has 112 valence electrons. The summed E-state index contributed by atoms with van der Waals surface area (Å²) in [4.78, 5) is 5.11. The van der Waals surface area contributed by atoms with Gasteiger partial charge in [-0.1, -0.05) is 43.4 Å². The summed E-state index contributed by atoms with van der Waals surface area (Å²) in [5.74, 6) is 0.474. The average molecular weight is 313 g/mol. The molecule has 1 heterocycles. The van der Waals surface area contributed by atoms with E-state index in [0.717, 1.165) is 22.4 Å². The highest BCUT2D eigenvalue weighted by molar-refractivity contribution is 7.80. The molecule has 0 fully saturated rings. The van der Waals surface area contributed by atoms with Crippen molar-refractivity contribution in [2.45, 2.75) is 13.5 Å². The van der Waals surface area contributed by atoms with Crippen molar-refractivity contribution in [2.75, 3.05) is 0 Å². The molecule has 1 aromatic heterocycles. The van der Waals surface area contributed by atoms with Gasteiger partial charge in [0.15, 0.2) is 0 Å². The van der Waals surface area contributed by atoms with E-state index in [4.69, 9.17) is 18.0 Å². The van der Waals surface area contributed by atoms with Gasteiger partial charge in [-0.15, -0.1) is 0 Å². The second-order valence-electron chi connectivity index (χ2n) is 5.35. The van der Waals surface area contributed by atoms with Gasteiger partial charge in [0.1, 0.15) is 11.6 Å². The predicted octanol–water partition coefficient (Wildman–Crippen LogP) is 3.76. The molecule has 0 aliphatic rings. The molecule has 3 aromatic rings. The molecule has 1 atom stereocenters. The molecule has 3 rings (SSSR count). The number of nitrogens with two attached hydrogens (primary N) is 1. The number of nitrogens with zero attached hydrogens (tertiary/aromatic N) is 2. The summed E-state index contributed by atoms with van der Waals surface area (Å²) in [6.45, 7) is 2.59. The van der Waals surface area contributed by atoms with E-state index in [1.807, 2.05) is 41.8 Å². The summed E-state index contributed by atoms with van der Waals surface area (Å²) in [6, 6.07) is 14.3. The monoisotopic (exact) mass is 313 g/mol. The van der Waals surface area contributed by atoms with Crippen LogP contribution in [0.15, 0.2) is 48.5 Å². The Hall–Kier alpha value is -2.27. The van der Waals surface area contributed by atoms with Gasteiger partial charge >= 0.3 is 0 Å². The molecule has 0 saturated heterocycles. The van der Waals surface area contributed by atoms with Crippen molar-refractivity contribution in [3.8, 4) is 11.4 Å². The van der Waals surface area contributed by atoms with E-state index in [-0.39, 0.29) is 11.7 Å². The third-order valence-electron chi connectivity index (χ3n) is 3.68. The molecule has 5 heteroatoms. The SMILES string of the molecule is CC(Cn1c(-c2cccc(F)c2)nc2ccccc21)C(N)=S. The number of imidazole rings is 1. The second-order valence-corrected chi connectivity index (χ2v) is 5.82. The van der Waals surface area contributed by atoms with Gasteiger partial charge in [-0.05, 0) is 24.3 Å². The van der Waals surface area contributed by atoms with Gasteiger partial charge in [0.25, 0.3) is 0 Å². The summed E-state index contributed by atoms with van der Waals surface area (Å²) in [6.07, 6.45) is 0. The maximum atomic E-state index is 13.6.